The average Bonchev–Trinajstić information content (AvgIpc) is 3.10. The molecule has 82 heavy (non-hydrogen) atoms. The van der Waals surface area contributed by atoms with Crippen molar-refractivity contribution in [1.82, 2.24) is 18.8 Å². The molecule has 6 nitrogen and oxygen atoms in total. The average molecular weight is 1050 g/mol. The summed E-state index contributed by atoms with van der Waals surface area (Å²) in [6.07, 6.45) is 3.69. The van der Waals surface area contributed by atoms with Crippen molar-refractivity contribution in [3.05, 3.63) is 300 Å². The number of rotatable bonds is 8. The number of pyridine rings is 2. The van der Waals surface area contributed by atoms with E-state index in [2.05, 4.69) is 177 Å². The Labute approximate surface area is 471 Å². The van der Waals surface area contributed by atoms with Crippen molar-refractivity contribution in [2.24, 2.45) is 0 Å². The van der Waals surface area contributed by atoms with E-state index in [1.165, 1.54) is 0 Å². The molecule has 0 fully saturated rings. The largest absolute Gasteiger partial charge is 0.268 e. The SMILES string of the molecule is C=Cc1ccc(-c2ccc3c(=O)n4c5cc(-c6ccccc6)cc(-c6ccccc6)c5nc4c4cccc2c34)cc1.C=Cc1ccc(-c2ccc3c4c2cccc4c(=O)n2c4cc(-c5ccccc5)cc(-c5ccccc5)c4nc32)cc1. The van der Waals surface area contributed by atoms with Crippen LogP contribution in [0.15, 0.2) is 278 Å². The van der Waals surface area contributed by atoms with Crippen LogP contribution in [0.25, 0.3) is 155 Å². The molecular formula is C76H48N4O2. The van der Waals surface area contributed by atoms with Crippen molar-refractivity contribution in [2.75, 3.05) is 0 Å². The molecule has 16 rings (SSSR count). The molecular weight excluding hydrogens is 1000 g/mol. The van der Waals surface area contributed by atoms with Gasteiger partial charge in [0.15, 0.2) is 0 Å². The van der Waals surface area contributed by atoms with Crippen molar-refractivity contribution in [1.29, 1.82) is 0 Å². The second-order valence-corrected chi connectivity index (χ2v) is 20.8. The van der Waals surface area contributed by atoms with Gasteiger partial charge in [0.1, 0.15) is 11.3 Å². The normalized spacial score (nSPS) is 11.6. The second kappa shape index (κ2) is 19.4. The molecule has 384 valence electrons. The van der Waals surface area contributed by atoms with E-state index in [1.807, 2.05) is 112 Å². The zero-order valence-corrected chi connectivity index (χ0v) is 44.4. The highest BCUT2D eigenvalue weighted by Gasteiger charge is 2.23. The molecule has 0 radical (unpaired) electrons. The monoisotopic (exact) mass is 1050 g/mol. The molecule has 0 spiro atoms. The minimum absolute atomic E-state index is 0.0519. The Morgan fingerprint density at radius 3 is 1.05 bits per heavy atom. The second-order valence-electron chi connectivity index (χ2n) is 20.8. The van der Waals surface area contributed by atoms with Gasteiger partial charge in [0.05, 0.1) is 22.1 Å². The first kappa shape index (κ1) is 48.1. The van der Waals surface area contributed by atoms with Gasteiger partial charge in [0.2, 0.25) is 0 Å². The first-order chi connectivity index (χ1) is 40.4. The van der Waals surface area contributed by atoms with Crippen molar-refractivity contribution in [3.63, 3.8) is 0 Å². The third-order valence-corrected chi connectivity index (χ3v) is 16.2. The van der Waals surface area contributed by atoms with Gasteiger partial charge in [-0.3, -0.25) is 18.4 Å². The van der Waals surface area contributed by atoms with E-state index in [1.54, 1.807) is 0 Å². The molecule has 0 N–H and O–H groups in total. The van der Waals surface area contributed by atoms with E-state index in [0.29, 0.717) is 22.1 Å². The lowest BCUT2D eigenvalue weighted by molar-refractivity contribution is 1.19. The Kier molecular flexibility index (Phi) is 11.4. The van der Waals surface area contributed by atoms with E-state index >= 15 is 0 Å². The van der Waals surface area contributed by atoms with Crippen LogP contribution in [0.2, 0.25) is 0 Å². The van der Waals surface area contributed by atoms with E-state index < -0.39 is 0 Å². The lowest BCUT2D eigenvalue weighted by atomic mass is 9.94. The van der Waals surface area contributed by atoms with E-state index in [-0.39, 0.29) is 11.1 Å². The van der Waals surface area contributed by atoms with Gasteiger partial charge in [-0.1, -0.05) is 238 Å². The van der Waals surface area contributed by atoms with Gasteiger partial charge in [0.25, 0.3) is 11.1 Å². The number of benzene rings is 12. The summed E-state index contributed by atoms with van der Waals surface area (Å²) in [5.41, 5.74) is 19.5. The van der Waals surface area contributed by atoms with Crippen LogP contribution in [-0.4, -0.2) is 18.8 Å². The van der Waals surface area contributed by atoms with Crippen LogP contribution in [-0.2, 0) is 0 Å². The molecule has 0 amide bonds. The summed E-state index contributed by atoms with van der Waals surface area (Å²) in [5, 5.41) is 7.33. The van der Waals surface area contributed by atoms with Gasteiger partial charge >= 0.3 is 0 Å². The third kappa shape index (κ3) is 7.72. The molecule has 6 heteroatoms. The predicted molar refractivity (Wildman–Crippen MR) is 343 cm³/mol. The summed E-state index contributed by atoms with van der Waals surface area (Å²) in [6, 6.07) is 87.1. The Hall–Kier alpha value is -11.1. The maximum Gasteiger partial charge on any atom is 0.264 e. The highest BCUT2D eigenvalue weighted by atomic mass is 16.1. The molecule has 0 aliphatic rings. The maximum atomic E-state index is 14.3. The molecule has 0 bridgehead atoms. The highest BCUT2D eigenvalue weighted by Crippen LogP contribution is 2.42. The topological polar surface area (TPSA) is 68.7 Å². The quantitative estimate of drug-likeness (QED) is 0.152. The zero-order valence-electron chi connectivity index (χ0n) is 44.4. The van der Waals surface area contributed by atoms with Crippen LogP contribution >= 0.6 is 0 Å². The van der Waals surface area contributed by atoms with E-state index in [9.17, 15) is 9.59 Å². The van der Waals surface area contributed by atoms with Gasteiger partial charge in [-0.2, -0.15) is 0 Å². The summed E-state index contributed by atoms with van der Waals surface area (Å²) in [7, 11) is 0. The van der Waals surface area contributed by atoms with Gasteiger partial charge in [-0.15, -0.1) is 0 Å². The molecule has 12 aromatic carbocycles. The van der Waals surface area contributed by atoms with E-state index in [4.69, 9.17) is 9.97 Å². The minimum Gasteiger partial charge on any atom is -0.268 e. The maximum absolute atomic E-state index is 14.3. The third-order valence-electron chi connectivity index (χ3n) is 16.2. The van der Waals surface area contributed by atoms with Crippen LogP contribution in [0.1, 0.15) is 11.1 Å². The van der Waals surface area contributed by atoms with Gasteiger partial charge in [0, 0.05) is 43.4 Å². The van der Waals surface area contributed by atoms with Crippen molar-refractivity contribution >= 4 is 88.6 Å². The minimum atomic E-state index is -0.0519. The smallest absolute Gasteiger partial charge is 0.264 e. The zero-order chi connectivity index (χ0) is 55.0. The number of hydrogen-bond donors (Lipinski definition) is 0. The van der Waals surface area contributed by atoms with Gasteiger partial charge in [-0.25, -0.2) is 9.97 Å². The van der Waals surface area contributed by atoms with Crippen molar-refractivity contribution in [2.45, 2.75) is 0 Å². The fourth-order valence-corrected chi connectivity index (χ4v) is 12.3. The number of hydrogen-bond acceptors (Lipinski definition) is 4. The van der Waals surface area contributed by atoms with Crippen LogP contribution in [0.4, 0.5) is 0 Å². The Balaban J connectivity index is 0.000000140. The number of fused-ring (bicyclic) bond motifs is 8. The van der Waals surface area contributed by atoms with Crippen molar-refractivity contribution < 1.29 is 0 Å². The molecule has 4 heterocycles. The molecule has 0 aliphatic carbocycles. The van der Waals surface area contributed by atoms with Crippen molar-refractivity contribution in [3.8, 4) is 66.8 Å². The summed E-state index contributed by atoms with van der Waals surface area (Å²) in [6.45, 7) is 7.75. The Morgan fingerprint density at radius 2 is 0.634 bits per heavy atom. The van der Waals surface area contributed by atoms with E-state index in [0.717, 1.165) is 132 Å². The Bertz CT molecular complexity index is 5020. The molecule has 0 aliphatic heterocycles. The molecule has 0 unspecified atom stereocenters. The summed E-state index contributed by atoms with van der Waals surface area (Å²) in [5.74, 6) is 0. The fourth-order valence-electron chi connectivity index (χ4n) is 12.3. The number of imidazole rings is 2. The number of nitrogens with zero attached hydrogens (tertiary/aromatic N) is 4. The first-order valence-corrected chi connectivity index (χ1v) is 27.4. The van der Waals surface area contributed by atoms with Crippen LogP contribution in [0, 0.1) is 0 Å². The molecule has 0 saturated heterocycles. The van der Waals surface area contributed by atoms with Crippen LogP contribution in [0.5, 0.6) is 0 Å². The van der Waals surface area contributed by atoms with Crippen LogP contribution < -0.4 is 11.1 Å². The predicted octanol–water partition coefficient (Wildman–Crippen LogP) is 18.5. The van der Waals surface area contributed by atoms with Gasteiger partial charge in [-0.05, 0) is 120 Å². The standard InChI is InChI=1S/2C38H24N2O/c1-2-24-16-18-27(19-17-24)29-20-21-31-35-30(29)14-9-15-32(35)38(41)40-34-23-28(25-10-5-3-6-11-25)22-33(36(34)39-37(31)40)26-12-7-4-8-13-26;1-2-24-16-18-27(19-17-24)29-20-21-32-35-30(29)14-9-15-31(35)37-39-36-33(26-12-7-4-8-13-26)22-28(25-10-5-3-6-11-25)23-34(36)40(37)38(32)41/h2*2-23H,1H2. The first-order valence-electron chi connectivity index (χ1n) is 27.4. The lowest BCUT2D eigenvalue weighted by Crippen LogP contribution is -2.13. The summed E-state index contributed by atoms with van der Waals surface area (Å²) >= 11 is 0. The molecule has 16 aromatic rings. The molecule has 0 atom stereocenters. The lowest BCUT2D eigenvalue weighted by Gasteiger charge is -2.12. The van der Waals surface area contributed by atoms with Gasteiger partial charge < -0.3 is 0 Å². The number of aromatic nitrogens is 4. The summed E-state index contributed by atoms with van der Waals surface area (Å²) < 4.78 is 3.62. The fraction of sp³-hybridized carbons (Fsp3) is 0. The highest BCUT2D eigenvalue weighted by molar-refractivity contribution is 6.21. The summed E-state index contributed by atoms with van der Waals surface area (Å²) in [4.78, 5) is 39.0. The molecule has 0 saturated carbocycles. The molecule has 4 aromatic heterocycles. The Morgan fingerprint density at radius 1 is 0.293 bits per heavy atom. The van der Waals surface area contributed by atoms with Crippen LogP contribution in [0.3, 0.4) is 0 Å².